The van der Waals surface area contributed by atoms with E-state index in [9.17, 15) is 5.26 Å². The molecule has 0 spiro atoms. The molecule has 29 heavy (non-hydrogen) atoms. The molecule has 4 nitrogen and oxygen atoms in total. The first-order valence-corrected chi connectivity index (χ1v) is 10.1. The van der Waals surface area contributed by atoms with Crippen LogP contribution in [0, 0.1) is 11.3 Å². The summed E-state index contributed by atoms with van der Waals surface area (Å²) in [5.41, 5.74) is 11.0. The predicted octanol–water partition coefficient (Wildman–Crippen LogP) is 3.40. The summed E-state index contributed by atoms with van der Waals surface area (Å²) in [5.74, 6) is 0.824. The maximum Gasteiger partial charge on any atom is 0.205 e. The van der Waals surface area contributed by atoms with Crippen molar-refractivity contribution in [3.8, 4) is 6.07 Å². The Morgan fingerprint density at radius 1 is 1.17 bits per heavy atom. The van der Waals surface area contributed by atoms with Gasteiger partial charge in [-0.15, -0.1) is 0 Å². The molecule has 0 saturated carbocycles. The summed E-state index contributed by atoms with van der Waals surface area (Å²) in [6, 6.07) is 20.1. The zero-order valence-electron chi connectivity index (χ0n) is 16.3. The molecule has 2 aliphatic heterocycles. The molecule has 0 saturated heterocycles. The Kier molecular flexibility index (Phi) is 5.44. The quantitative estimate of drug-likeness (QED) is 0.824. The summed E-state index contributed by atoms with van der Waals surface area (Å²) in [5, 5.41) is 10.5. The monoisotopic (exact) mass is 404 g/mol. The van der Waals surface area contributed by atoms with E-state index >= 15 is 0 Å². The Morgan fingerprint density at radius 3 is 2.55 bits per heavy atom. The van der Waals surface area contributed by atoms with Crippen molar-refractivity contribution in [1.82, 2.24) is 0 Å². The first kappa shape index (κ1) is 19.3. The normalized spacial score (nSPS) is 22.9. The molecule has 1 unspecified atom stereocenters. The van der Waals surface area contributed by atoms with E-state index in [1.165, 1.54) is 4.90 Å². The van der Waals surface area contributed by atoms with Crippen LogP contribution < -0.4 is 10.6 Å². The molecule has 2 atom stereocenters. The predicted molar refractivity (Wildman–Crippen MR) is 115 cm³/mol. The van der Waals surface area contributed by atoms with Crippen molar-refractivity contribution in [1.29, 1.82) is 5.26 Å². The number of benzene rings is 2. The zero-order chi connectivity index (χ0) is 20.4. The van der Waals surface area contributed by atoms with E-state index in [-0.39, 0.29) is 11.8 Å². The first-order valence-electron chi connectivity index (χ1n) is 9.76. The van der Waals surface area contributed by atoms with Crippen LogP contribution in [-0.2, 0) is 4.74 Å². The van der Waals surface area contributed by atoms with E-state index in [0.717, 1.165) is 47.7 Å². The minimum Gasteiger partial charge on any atom is -0.440 e. The summed E-state index contributed by atoms with van der Waals surface area (Å²) in [4.78, 5) is 1.42. The van der Waals surface area contributed by atoms with Crippen molar-refractivity contribution in [2.45, 2.75) is 12.8 Å². The Balaban J connectivity index is 1.86. The number of hydrogen-bond acceptors (Lipinski definition) is 3. The van der Waals surface area contributed by atoms with Crippen LogP contribution in [0.3, 0.4) is 0 Å². The molecule has 2 aromatic carbocycles. The molecule has 5 heteroatoms. The largest absolute Gasteiger partial charge is 0.440 e. The van der Waals surface area contributed by atoms with Gasteiger partial charge in [0, 0.05) is 16.2 Å². The molecule has 0 amide bonds. The molecule has 4 rings (SSSR count). The number of nitrogens with zero attached hydrogens (tertiary/aromatic N) is 1. The molecule has 0 radical (unpaired) electrons. The van der Waals surface area contributed by atoms with Gasteiger partial charge in [0.1, 0.15) is 30.5 Å². The Labute approximate surface area is 176 Å². The van der Waals surface area contributed by atoms with Crippen LogP contribution in [0.4, 0.5) is 0 Å². The second kappa shape index (κ2) is 8.16. The molecule has 2 aliphatic rings. The zero-order valence-corrected chi connectivity index (χ0v) is 17.0. The van der Waals surface area contributed by atoms with Gasteiger partial charge in [-0.25, -0.2) is 0 Å². The second-order valence-electron chi connectivity index (χ2n) is 7.37. The molecule has 3 N–H and O–H groups in total. The van der Waals surface area contributed by atoms with E-state index in [0.29, 0.717) is 10.6 Å². The van der Waals surface area contributed by atoms with Gasteiger partial charge in [-0.1, -0.05) is 54.1 Å². The molecule has 0 aromatic heterocycles. The lowest BCUT2D eigenvalue weighted by Crippen LogP contribution is -3.12. The molecule has 0 bridgehead atoms. The number of allylic oxidation sites excluding steroid dienone is 1. The van der Waals surface area contributed by atoms with Crippen molar-refractivity contribution in [3.63, 3.8) is 0 Å². The number of likely N-dealkylation sites (N-methyl/N-ethyl adjacent to an activating group) is 1. The number of hydrogen-bond donors (Lipinski definition) is 2. The van der Waals surface area contributed by atoms with Gasteiger partial charge in [0.25, 0.3) is 0 Å². The molecule has 146 valence electrons. The van der Waals surface area contributed by atoms with Crippen molar-refractivity contribution >= 4 is 17.7 Å². The number of nitrogens with one attached hydrogen (secondary N) is 1. The topological polar surface area (TPSA) is 63.5 Å². The summed E-state index contributed by atoms with van der Waals surface area (Å²) >= 11 is 6.04. The van der Waals surface area contributed by atoms with Crippen molar-refractivity contribution in [2.75, 3.05) is 19.6 Å². The summed E-state index contributed by atoms with van der Waals surface area (Å²) in [6.07, 6.45) is 2.13. The summed E-state index contributed by atoms with van der Waals surface area (Å²) < 4.78 is 6.05. The van der Waals surface area contributed by atoms with Gasteiger partial charge in [-0.05, 0) is 36.3 Å². The van der Waals surface area contributed by atoms with Crippen molar-refractivity contribution in [2.24, 2.45) is 5.73 Å². The van der Waals surface area contributed by atoms with E-state index in [2.05, 4.69) is 19.1 Å². The van der Waals surface area contributed by atoms with Gasteiger partial charge in [-0.2, -0.15) is 5.26 Å². The maximum atomic E-state index is 9.81. The first-order chi connectivity index (χ1) is 14.1. The Hall–Kier alpha value is -3.00. The summed E-state index contributed by atoms with van der Waals surface area (Å²) in [6.45, 7) is 4.82. The minimum absolute atomic E-state index is 0.180. The fraction of sp³-hybridized carbons (Fsp3) is 0.208. The van der Waals surface area contributed by atoms with Gasteiger partial charge in [0.2, 0.25) is 5.88 Å². The van der Waals surface area contributed by atoms with Gasteiger partial charge < -0.3 is 15.4 Å². The molecular formula is C24H23ClN3O+. The second-order valence-corrected chi connectivity index (χ2v) is 7.80. The van der Waals surface area contributed by atoms with E-state index < -0.39 is 0 Å². The number of rotatable bonds is 3. The van der Waals surface area contributed by atoms with Crippen molar-refractivity contribution < 1.29 is 9.64 Å². The number of halogens is 1. The standard InChI is InChI=1S/C24H22ClN3O/c1-2-28-14-18(12-16-8-10-19(25)11-9-16)23-21(15-28)22(17-6-4-3-5-7-17)20(13-26)24(27)29-23/h3-12,22H,2,14-15,27H2,1H3/p+1/b18-12+/t22-/m0/s1. The highest BCUT2D eigenvalue weighted by molar-refractivity contribution is 6.30. The van der Waals surface area contributed by atoms with Gasteiger partial charge in [0.05, 0.1) is 12.5 Å². The molecule has 0 fully saturated rings. The van der Waals surface area contributed by atoms with Crippen molar-refractivity contribution in [3.05, 3.63) is 99.1 Å². The Morgan fingerprint density at radius 2 is 1.90 bits per heavy atom. The van der Waals surface area contributed by atoms with E-state index in [1.807, 2.05) is 54.6 Å². The lowest BCUT2D eigenvalue weighted by atomic mass is 9.80. The number of ether oxygens (including phenoxy) is 1. The van der Waals surface area contributed by atoms with Crippen LogP contribution in [0.15, 0.2) is 83.0 Å². The average molecular weight is 405 g/mol. The highest BCUT2D eigenvalue weighted by atomic mass is 35.5. The molecule has 2 aromatic rings. The van der Waals surface area contributed by atoms with Crippen LogP contribution >= 0.6 is 11.6 Å². The molecule has 0 aliphatic carbocycles. The van der Waals surface area contributed by atoms with E-state index in [4.69, 9.17) is 22.1 Å². The lowest BCUT2D eigenvalue weighted by molar-refractivity contribution is -0.890. The molecular weight excluding hydrogens is 382 g/mol. The molecule has 2 heterocycles. The van der Waals surface area contributed by atoms with Crippen LogP contribution in [-0.4, -0.2) is 19.6 Å². The van der Waals surface area contributed by atoms with Gasteiger partial charge >= 0.3 is 0 Å². The third-order valence-electron chi connectivity index (χ3n) is 5.54. The smallest absolute Gasteiger partial charge is 0.205 e. The number of nitriles is 1. The third-order valence-corrected chi connectivity index (χ3v) is 5.80. The highest BCUT2D eigenvalue weighted by Crippen LogP contribution is 2.41. The lowest BCUT2D eigenvalue weighted by Gasteiger charge is -2.36. The third kappa shape index (κ3) is 3.80. The van der Waals surface area contributed by atoms with Crippen LogP contribution in [0.2, 0.25) is 5.02 Å². The fourth-order valence-electron chi connectivity index (χ4n) is 4.07. The van der Waals surface area contributed by atoms with Gasteiger partial charge in [0.15, 0.2) is 0 Å². The van der Waals surface area contributed by atoms with Crippen LogP contribution in [0.5, 0.6) is 0 Å². The highest BCUT2D eigenvalue weighted by Gasteiger charge is 2.39. The SMILES string of the molecule is CC[NH+]1CC2=C(OC(N)=C(C#N)[C@@H]2c2ccccc2)/C(=C/c2ccc(Cl)cc2)C1. The Bertz CT molecular complexity index is 1050. The maximum absolute atomic E-state index is 9.81. The van der Waals surface area contributed by atoms with Crippen LogP contribution in [0.1, 0.15) is 24.0 Å². The van der Waals surface area contributed by atoms with Gasteiger partial charge in [-0.3, -0.25) is 0 Å². The van der Waals surface area contributed by atoms with E-state index in [1.54, 1.807) is 0 Å². The van der Waals surface area contributed by atoms with Crippen LogP contribution in [0.25, 0.3) is 6.08 Å². The fourth-order valence-corrected chi connectivity index (χ4v) is 4.20. The summed E-state index contributed by atoms with van der Waals surface area (Å²) in [7, 11) is 0. The number of quaternary nitrogens is 1. The average Bonchev–Trinajstić information content (AvgIpc) is 2.75. The minimum atomic E-state index is -0.180. The number of nitrogens with two attached hydrogens (primary N) is 1.